The van der Waals surface area contributed by atoms with E-state index in [2.05, 4.69) is 15.9 Å². The van der Waals surface area contributed by atoms with Crippen molar-refractivity contribution in [3.05, 3.63) is 29.3 Å². The summed E-state index contributed by atoms with van der Waals surface area (Å²) in [7, 11) is 0. The Hall–Kier alpha value is -0.970. The average Bonchev–Trinajstić information content (AvgIpc) is 2.13. The number of Topliss-reactive ketones (excluding diaryl/α,β-unsaturated/α-hetero) is 1. The van der Waals surface area contributed by atoms with E-state index in [0.29, 0.717) is 0 Å². The van der Waals surface area contributed by atoms with Crippen LogP contribution in [0.1, 0.15) is 10.4 Å². The van der Waals surface area contributed by atoms with Gasteiger partial charge in [0.05, 0.1) is 10.9 Å². The van der Waals surface area contributed by atoms with Crippen molar-refractivity contribution in [2.45, 2.75) is 0 Å². The van der Waals surface area contributed by atoms with E-state index < -0.39 is 23.2 Å². The Labute approximate surface area is 81.3 Å². The van der Waals surface area contributed by atoms with Gasteiger partial charge in [-0.25, -0.2) is 8.78 Å². The van der Waals surface area contributed by atoms with Crippen LogP contribution >= 0.6 is 15.9 Å². The first-order valence-electron chi connectivity index (χ1n) is 3.34. The van der Waals surface area contributed by atoms with E-state index >= 15 is 0 Å². The van der Waals surface area contributed by atoms with Crippen LogP contribution in [0.2, 0.25) is 0 Å². The number of carbonyl (C=O) groups excluding carboxylic acids is 1. The molecule has 0 aliphatic heterocycles. The lowest BCUT2D eigenvalue weighted by Crippen LogP contribution is -2.04. The fourth-order valence-electron chi connectivity index (χ4n) is 0.828. The number of phenols is 1. The minimum Gasteiger partial charge on any atom is -0.503 e. The van der Waals surface area contributed by atoms with E-state index in [1.165, 1.54) is 0 Å². The lowest BCUT2D eigenvalue weighted by atomic mass is 10.1. The summed E-state index contributed by atoms with van der Waals surface area (Å²) >= 11 is 2.84. The van der Waals surface area contributed by atoms with Gasteiger partial charge in [0.2, 0.25) is 0 Å². The molecule has 5 heteroatoms. The fraction of sp³-hybridized carbons (Fsp3) is 0.125. The summed E-state index contributed by atoms with van der Waals surface area (Å²) in [6.45, 7) is 0. The molecule has 0 saturated carbocycles. The molecule has 0 unspecified atom stereocenters. The summed E-state index contributed by atoms with van der Waals surface area (Å²) < 4.78 is 25.5. The Balaban J connectivity index is 3.26. The molecule has 0 fully saturated rings. The van der Waals surface area contributed by atoms with Crippen LogP contribution in [0.4, 0.5) is 8.78 Å². The number of phenolic OH excluding ortho intramolecular Hbond substituents is 1. The lowest BCUT2D eigenvalue weighted by Gasteiger charge is -2.01. The minimum absolute atomic E-state index is 0.0744. The molecule has 0 saturated heterocycles. The third-order valence-electron chi connectivity index (χ3n) is 1.49. The van der Waals surface area contributed by atoms with Gasteiger partial charge in [0.15, 0.2) is 23.2 Å². The maximum absolute atomic E-state index is 13.0. The van der Waals surface area contributed by atoms with Crippen molar-refractivity contribution in [2.24, 2.45) is 0 Å². The number of ketones is 1. The highest BCUT2D eigenvalue weighted by molar-refractivity contribution is 9.09. The van der Waals surface area contributed by atoms with Crippen LogP contribution < -0.4 is 0 Å². The molecule has 0 amide bonds. The maximum atomic E-state index is 13.0. The van der Waals surface area contributed by atoms with E-state index in [1.54, 1.807) is 0 Å². The van der Waals surface area contributed by atoms with Crippen LogP contribution in [-0.2, 0) is 0 Å². The van der Waals surface area contributed by atoms with Gasteiger partial charge in [-0.05, 0) is 12.1 Å². The summed E-state index contributed by atoms with van der Waals surface area (Å²) in [4.78, 5) is 11.0. The van der Waals surface area contributed by atoms with Crippen LogP contribution in [0.3, 0.4) is 0 Å². The van der Waals surface area contributed by atoms with Gasteiger partial charge in [-0.3, -0.25) is 4.79 Å². The lowest BCUT2D eigenvalue weighted by molar-refractivity contribution is 0.101. The zero-order chi connectivity index (χ0) is 10.0. The van der Waals surface area contributed by atoms with Gasteiger partial charge in [0.25, 0.3) is 0 Å². The van der Waals surface area contributed by atoms with E-state index in [9.17, 15) is 13.6 Å². The number of hydrogen-bond acceptors (Lipinski definition) is 2. The van der Waals surface area contributed by atoms with Gasteiger partial charge in [0.1, 0.15) is 0 Å². The number of rotatable bonds is 2. The molecule has 1 aromatic rings. The SMILES string of the molecule is O=C(CBr)c1ccc(F)c(O)c1F. The number of hydrogen-bond donors (Lipinski definition) is 1. The Morgan fingerprint density at radius 2 is 2.08 bits per heavy atom. The predicted octanol–water partition coefficient (Wildman–Crippen LogP) is 2.25. The van der Waals surface area contributed by atoms with Gasteiger partial charge in [0, 0.05) is 0 Å². The quantitative estimate of drug-likeness (QED) is 0.646. The summed E-state index contributed by atoms with van der Waals surface area (Å²) in [5.41, 5.74) is -0.323. The van der Waals surface area contributed by atoms with Crippen molar-refractivity contribution in [3.63, 3.8) is 0 Å². The summed E-state index contributed by atoms with van der Waals surface area (Å²) in [6.07, 6.45) is 0. The van der Waals surface area contributed by atoms with Crippen molar-refractivity contribution in [1.82, 2.24) is 0 Å². The molecule has 1 rings (SSSR count). The van der Waals surface area contributed by atoms with Crippen LogP contribution in [0, 0.1) is 11.6 Å². The third kappa shape index (κ3) is 1.85. The van der Waals surface area contributed by atoms with Gasteiger partial charge in [-0.15, -0.1) is 0 Å². The van der Waals surface area contributed by atoms with E-state index in [4.69, 9.17) is 5.11 Å². The second kappa shape index (κ2) is 3.83. The van der Waals surface area contributed by atoms with E-state index in [0.717, 1.165) is 12.1 Å². The zero-order valence-electron chi connectivity index (χ0n) is 6.35. The zero-order valence-corrected chi connectivity index (χ0v) is 7.94. The predicted molar refractivity (Wildman–Crippen MR) is 46.1 cm³/mol. The average molecular weight is 251 g/mol. The van der Waals surface area contributed by atoms with E-state index in [1.807, 2.05) is 0 Å². The maximum Gasteiger partial charge on any atom is 0.188 e. The van der Waals surface area contributed by atoms with Crippen LogP contribution in [0.15, 0.2) is 12.1 Å². The Morgan fingerprint density at radius 1 is 1.46 bits per heavy atom. The van der Waals surface area contributed by atoms with Gasteiger partial charge in [-0.2, -0.15) is 0 Å². The largest absolute Gasteiger partial charge is 0.503 e. The molecule has 1 aromatic carbocycles. The van der Waals surface area contributed by atoms with Crippen molar-refractivity contribution in [1.29, 1.82) is 0 Å². The fourth-order valence-corrected chi connectivity index (χ4v) is 1.13. The molecular formula is C8H5BrF2O2. The van der Waals surface area contributed by atoms with Crippen LogP contribution in [0.5, 0.6) is 5.75 Å². The number of halogens is 3. The first kappa shape index (κ1) is 10.1. The standard InChI is InChI=1S/C8H5BrF2O2/c9-3-6(12)4-1-2-5(10)8(13)7(4)11/h1-2,13H,3H2. The summed E-state index contributed by atoms with van der Waals surface area (Å²) in [6, 6.07) is 1.84. The minimum atomic E-state index is -1.22. The monoisotopic (exact) mass is 250 g/mol. The molecule has 0 heterocycles. The molecule has 0 aliphatic rings. The number of carbonyl (C=O) groups is 1. The molecule has 0 radical (unpaired) electrons. The first-order valence-corrected chi connectivity index (χ1v) is 4.46. The topological polar surface area (TPSA) is 37.3 Å². The second-order valence-electron chi connectivity index (χ2n) is 2.31. The summed E-state index contributed by atoms with van der Waals surface area (Å²) in [5.74, 6) is -3.97. The number of aromatic hydroxyl groups is 1. The van der Waals surface area contributed by atoms with Crippen LogP contribution in [0.25, 0.3) is 0 Å². The molecular weight excluding hydrogens is 246 g/mol. The molecule has 0 bridgehead atoms. The van der Waals surface area contributed by atoms with Crippen molar-refractivity contribution >= 4 is 21.7 Å². The Kier molecular flexibility index (Phi) is 2.98. The molecule has 2 nitrogen and oxygen atoms in total. The highest BCUT2D eigenvalue weighted by atomic mass is 79.9. The second-order valence-corrected chi connectivity index (χ2v) is 2.88. The first-order chi connectivity index (χ1) is 6.07. The molecule has 0 spiro atoms. The summed E-state index contributed by atoms with van der Waals surface area (Å²) in [5, 5.41) is 8.74. The molecule has 13 heavy (non-hydrogen) atoms. The van der Waals surface area contributed by atoms with Crippen molar-refractivity contribution in [2.75, 3.05) is 5.33 Å². The Bertz CT molecular complexity index is 352. The normalized spacial score (nSPS) is 10.1. The van der Waals surface area contributed by atoms with Crippen molar-refractivity contribution in [3.8, 4) is 5.75 Å². The number of alkyl halides is 1. The molecule has 0 aromatic heterocycles. The van der Waals surface area contributed by atoms with Gasteiger partial charge >= 0.3 is 0 Å². The Morgan fingerprint density at radius 3 is 2.62 bits per heavy atom. The molecule has 70 valence electrons. The van der Waals surface area contributed by atoms with Gasteiger partial charge in [-0.1, -0.05) is 15.9 Å². The third-order valence-corrected chi connectivity index (χ3v) is 2.00. The molecule has 0 aliphatic carbocycles. The highest BCUT2D eigenvalue weighted by Crippen LogP contribution is 2.23. The highest BCUT2D eigenvalue weighted by Gasteiger charge is 2.16. The molecule has 0 atom stereocenters. The molecule has 1 N–H and O–H groups in total. The van der Waals surface area contributed by atoms with E-state index in [-0.39, 0.29) is 10.9 Å². The van der Waals surface area contributed by atoms with Crippen LogP contribution in [-0.4, -0.2) is 16.2 Å². The van der Waals surface area contributed by atoms with Gasteiger partial charge < -0.3 is 5.11 Å². The number of benzene rings is 1. The smallest absolute Gasteiger partial charge is 0.188 e. The van der Waals surface area contributed by atoms with Crippen molar-refractivity contribution < 1.29 is 18.7 Å².